The van der Waals surface area contributed by atoms with Crippen molar-refractivity contribution in [2.75, 3.05) is 37.2 Å². The summed E-state index contributed by atoms with van der Waals surface area (Å²) in [6.07, 6.45) is 4.77. The van der Waals surface area contributed by atoms with Crippen LogP contribution >= 0.6 is 0 Å². The molecule has 0 heterocycles. The van der Waals surface area contributed by atoms with Gasteiger partial charge in [0.1, 0.15) is 12.4 Å². The van der Waals surface area contributed by atoms with E-state index in [9.17, 15) is 9.59 Å². The molecule has 0 aliphatic carbocycles. The minimum absolute atomic E-state index is 0.0373. The molecule has 6 nitrogen and oxygen atoms in total. The SMILES string of the molecule is CCCCC(C)(C)C(=O)CC#CCCN(OC)c1cccc(NC(=O)COCCC)c1. The van der Waals surface area contributed by atoms with Gasteiger partial charge in [-0.1, -0.05) is 52.5 Å². The van der Waals surface area contributed by atoms with Gasteiger partial charge in [0.15, 0.2) is 0 Å². The number of hydroxylamine groups is 1. The van der Waals surface area contributed by atoms with E-state index in [1.54, 1.807) is 12.2 Å². The monoisotopic (exact) mass is 430 g/mol. The average Bonchev–Trinajstić information content (AvgIpc) is 2.75. The zero-order valence-electron chi connectivity index (χ0n) is 19.8. The van der Waals surface area contributed by atoms with Gasteiger partial charge in [-0.05, 0) is 31.0 Å². The van der Waals surface area contributed by atoms with Gasteiger partial charge >= 0.3 is 0 Å². The van der Waals surface area contributed by atoms with Crippen LogP contribution in [0, 0.1) is 17.3 Å². The summed E-state index contributed by atoms with van der Waals surface area (Å²) in [7, 11) is 1.59. The summed E-state index contributed by atoms with van der Waals surface area (Å²) >= 11 is 0. The van der Waals surface area contributed by atoms with Crippen LogP contribution in [0.4, 0.5) is 11.4 Å². The fourth-order valence-corrected chi connectivity index (χ4v) is 2.96. The Balaban J connectivity index is 2.56. The highest BCUT2D eigenvalue weighted by Crippen LogP contribution is 2.25. The molecule has 0 spiro atoms. The van der Waals surface area contributed by atoms with E-state index < -0.39 is 0 Å². The quantitative estimate of drug-likeness (QED) is 0.256. The molecule has 1 aromatic carbocycles. The Morgan fingerprint density at radius 1 is 1.16 bits per heavy atom. The number of unbranched alkanes of at least 4 members (excludes halogenated alkanes) is 1. The molecule has 0 aliphatic rings. The van der Waals surface area contributed by atoms with Gasteiger partial charge in [0.05, 0.1) is 25.8 Å². The predicted octanol–water partition coefficient (Wildman–Crippen LogP) is 4.99. The number of anilines is 2. The maximum absolute atomic E-state index is 12.4. The number of nitrogens with one attached hydrogen (secondary N) is 1. The van der Waals surface area contributed by atoms with Gasteiger partial charge in [-0.25, -0.2) is 0 Å². The van der Waals surface area contributed by atoms with Crippen LogP contribution in [-0.4, -0.2) is 38.6 Å². The summed E-state index contributed by atoms with van der Waals surface area (Å²) in [5.74, 6) is 6.09. The highest BCUT2D eigenvalue weighted by Gasteiger charge is 2.25. The Hall–Kier alpha value is -2.36. The Kier molecular flexibility index (Phi) is 12.6. The number of Topliss-reactive ketones (excluding diaryl/α,β-unsaturated/α-hetero) is 1. The molecule has 1 N–H and O–H groups in total. The van der Waals surface area contributed by atoms with E-state index in [-0.39, 0.29) is 30.1 Å². The summed E-state index contributed by atoms with van der Waals surface area (Å²) in [5.41, 5.74) is 1.18. The zero-order chi connectivity index (χ0) is 23.1. The van der Waals surface area contributed by atoms with Gasteiger partial charge < -0.3 is 10.1 Å². The molecule has 0 unspecified atom stereocenters. The summed E-state index contributed by atoms with van der Waals surface area (Å²) in [5, 5.41) is 4.54. The fraction of sp³-hybridized carbons (Fsp3) is 0.600. The normalized spacial score (nSPS) is 10.9. The third-order valence-electron chi connectivity index (χ3n) is 4.94. The molecule has 6 heteroatoms. The number of ketones is 1. The van der Waals surface area contributed by atoms with Crippen LogP contribution in [0.1, 0.15) is 66.2 Å². The Morgan fingerprint density at radius 3 is 2.61 bits per heavy atom. The molecule has 0 aliphatic heterocycles. The van der Waals surface area contributed by atoms with Gasteiger partial charge in [-0.15, -0.1) is 5.92 Å². The van der Waals surface area contributed by atoms with E-state index in [2.05, 4.69) is 24.1 Å². The number of nitrogens with zero attached hydrogens (tertiary/aromatic N) is 1. The molecule has 1 aromatic rings. The molecule has 0 saturated carbocycles. The van der Waals surface area contributed by atoms with Crippen LogP contribution < -0.4 is 10.4 Å². The Morgan fingerprint density at radius 2 is 1.94 bits per heavy atom. The molecule has 0 aromatic heterocycles. The first kappa shape index (κ1) is 26.7. The largest absolute Gasteiger partial charge is 0.372 e. The minimum Gasteiger partial charge on any atom is -0.372 e. The van der Waals surface area contributed by atoms with Crippen LogP contribution in [0.25, 0.3) is 0 Å². The second-order valence-corrected chi connectivity index (χ2v) is 8.13. The second-order valence-electron chi connectivity index (χ2n) is 8.13. The predicted molar refractivity (Wildman–Crippen MR) is 126 cm³/mol. The average molecular weight is 431 g/mol. The summed E-state index contributed by atoms with van der Waals surface area (Å²) in [4.78, 5) is 29.8. The van der Waals surface area contributed by atoms with E-state index in [4.69, 9.17) is 9.57 Å². The number of hydrogen-bond acceptors (Lipinski definition) is 5. The van der Waals surface area contributed by atoms with Crippen molar-refractivity contribution >= 4 is 23.1 Å². The number of benzene rings is 1. The molecule has 172 valence electrons. The van der Waals surface area contributed by atoms with Crippen LogP contribution in [0.5, 0.6) is 0 Å². The highest BCUT2D eigenvalue weighted by atomic mass is 16.7. The van der Waals surface area contributed by atoms with E-state index in [0.717, 1.165) is 31.4 Å². The molecule has 0 saturated heterocycles. The van der Waals surface area contributed by atoms with Gasteiger partial charge in [0.25, 0.3) is 0 Å². The van der Waals surface area contributed by atoms with Gasteiger partial charge in [0, 0.05) is 24.1 Å². The van der Waals surface area contributed by atoms with Crippen LogP contribution in [0.2, 0.25) is 0 Å². The molecule has 1 amide bonds. The maximum atomic E-state index is 12.4. The van der Waals surface area contributed by atoms with Gasteiger partial charge in [-0.3, -0.25) is 19.5 Å². The maximum Gasteiger partial charge on any atom is 0.250 e. The van der Waals surface area contributed by atoms with Gasteiger partial charge in [-0.2, -0.15) is 0 Å². The lowest BCUT2D eigenvalue weighted by atomic mass is 9.81. The van der Waals surface area contributed by atoms with E-state index in [1.165, 1.54) is 0 Å². The standard InChI is InChI=1S/C25H38N2O4/c1-6-8-16-25(3,4)23(28)15-10-9-11-17-27(30-5)22-14-12-13-21(19-22)26-24(29)20-31-18-7-2/h12-14,19H,6-8,11,15-18,20H2,1-5H3,(H,26,29). The number of carbonyl (C=O) groups excluding carboxylic acids is 2. The first-order valence-corrected chi connectivity index (χ1v) is 11.1. The molecule has 0 fully saturated rings. The van der Waals surface area contributed by atoms with Crippen molar-refractivity contribution in [2.45, 2.75) is 66.2 Å². The van der Waals surface area contributed by atoms with Crippen molar-refractivity contribution in [1.29, 1.82) is 0 Å². The van der Waals surface area contributed by atoms with E-state index in [1.807, 2.05) is 45.0 Å². The third kappa shape index (κ3) is 10.5. The summed E-state index contributed by atoms with van der Waals surface area (Å²) < 4.78 is 5.26. The number of rotatable bonds is 14. The third-order valence-corrected chi connectivity index (χ3v) is 4.94. The second kappa shape index (κ2) is 14.6. The van der Waals surface area contributed by atoms with Crippen molar-refractivity contribution in [1.82, 2.24) is 0 Å². The molecule has 31 heavy (non-hydrogen) atoms. The number of amides is 1. The van der Waals surface area contributed by atoms with Crippen molar-refractivity contribution in [3.05, 3.63) is 24.3 Å². The van der Waals surface area contributed by atoms with E-state index in [0.29, 0.717) is 25.3 Å². The minimum atomic E-state index is -0.310. The van der Waals surface area contributed by atoms with Gasteiger partial charge in [0.2, 0.25) is 5.91 Å². The first-order valence-electron chi connectivity index (χ1n) is 11.1. The molecule has 1 rings (SSSR count). The smallest absolute Gasteiger partial charge is 0.250 e. The first-order chi connectivity index (χ1) is 14.8. The lowest BCUT2D eigenvalue weighted by Gasteiger charge is -2.22. The topological polar surface area (TPSA) is 67.9 Å². The lowest BCUT2D eigenvalue weighted by Crippen LogP contribution is -2.24. The Labute approximate surface area is 187 Å². The van der Waals surface area contributed by atoms with Crippen molar-refractivity contribution in [2.24, 2.45) is 5.41 Å². The molecule has 0 atom stereocenters. The molecular weight excluding hydrogens is 392 g/mol. The summed E-state index contributed by atoms with van der Waals surface area (Å²) in [6, 6.07) is 7.42. The summed E-state index contributed by atoms with van der Waals surface area (Å²) in [6.45, 7) is 9.28. The van der Waals surface area contributed by atoms with Crippen molar-refractivity contribution in [3.8, 4) is 11.8 Å². The Bertz CT molecular complexity index is 749. The highest BCUT2D eigenvalue weighted by molar-refractivity contribution is 5.92. The number of carbonyl (C=O) groups is 2. The molecule has 0 bridgehead atoms. The fourth-order valence-electron chi connectivity index (χ4n) is 2.96. The van der Waals surface area contributed by atoms with Crippen molar-refractivity contribution in [3.63, 3.8) is 0 Å². The van der Waals surface area contributed by atoms with E-state index >= 15 is 0 Å². The van der Waals surface area contributed by atoms with Crippen molar-refractivity contribution < 1.29 is 19.2 Å². The van der Waals surface area contributed by atoms with Crippen LogP contribution in [0.3, 0.4) is 0 Å². The molecule has 0 radical (unpaired) electrons. The number of hydrogen-bond donors (Lipinski definition) is 1. The molecular formula is C25H38N2O4. The zero-order valence-corrected chi connectivity index (χ0v) is 19.8. The van der Waals surface area contributed by atoms with Crippen LogP contribution in [-0.2, 0) is 19.2 Å². The lowest BCUT2D eigenvalue weighted by molar-refractivity contribution is -0.126. The number of ether oxygens (including phenoxy) is 1. The van der Waals surface area contributed by atoms with Crippen LogP contribution in [0.15, 0.2) is 24.3 Å².